The smallest absolute Gasteiger partial charge is 0.310 e. The van der Waals surface area contributed by atoms with E-state index in [1.54, 1.807) is 18.2 Å². The van der Waals surface area contributed by atoms with Gasteiger partial charge in [-0.1, -0.05) is 31.9 Å². The Hall–Kier alpha value is -1.84. The molecule has 0 heterocycles. The lowest BCUT2D eigenvalue weighted by Gasteiger charge is -2.21. The molecule has 1 aliphatic carbocycles. The van der Waals surface area contributed by atoms with Crippen LogP contribution in [-0.4, -0.2) is 11.5 Å². The average molecular weight is 261 g/mol. The van der Waals surface area contributed by atoms with E-state index in [9.17, 15) is 10.1 Å². The van der Waals surface area contributed by atoms with Crippen molar-refractivity contribution in [2.75, 3.05) is 6.61 Å². The van der Waals surface area contributed by atoms with E-state index in [1.807, 2.05) is 0 Å². The predicted octanol–water partition coefficient (Wildman–Crippen LogP) is 4.20. The number of hydrogen-bond donors (Lipinski definition) is 0. The van der Waals surface area contributed by atoms with E-state index >= 15 is 0 Å². The first-order valence-corrected chi connectivity index (χ1v) is 6.74. The molecule has 1 saturated carbocycles. The van der Waals surface area contributed by atoms with Crippen molar-refractivity contribution in [1.82, 2.24) is 0 Å². The molecule has 0 aliphatic heterocycles. The van der Waals surface area contributed by atoms with Gasteiger partial charge in [-0.25, -0.2) is 0 Å². The molecule has 0 bridgehead atoms. The number of hydrogen-bond acceptors (Lipinski definition) is 3. The number of nitro groups is 1. The lowest BCUT2D eigenvalue weighted by molar-refractivity contribution is -0.385. The van der Waals surface area contributed by atoms with Gasteiger partial charge in [0, 0.05) is 6.07 Å². The van der Waals surface area contributed by atoms with E-state index in [0.717, 1.165) is 18.4 Å². The largest absolute Gasteiger partial charge is 0.487 e. The summed E-state index contributed by atoms with van der Waals surface area (Å²) in [6, 6.07) is 4.85. The summed E-state index contributed by atoms with van der Waals surface area (Å²) in [5, 5.41) is 11.0. The second-order valence-electron chi connectivity index (χ2n) is 5.00. The van der Waals surface area contributed by atoms with Crippen LogP contribution in [-0.2, 0) is 0 Å². The summed E-state index contributed by atoms with van der Waals surface area (Å²) < 4.78 is 5.69. The minimum Gasteiger partial charge on any atom is -0.487 e. The topological polar surface area (TPSA) is 52.4 Å². The summed E-state index contributed by atoms with van der Waals surface area (Å²) in [5.74, 6) is 0.883. The Balaban J connectivity index is 2.08. The molecule has 0 spiro atoms. The molecule has 4 heteroatoms. The molecular weight excluding hydrogens is 242 g/mol. The fourth-order valence-corrected chi connectivity index (χ4v) is 2.49. The minimum atomic E-state index is -0.400. The van der Waals surface area contributed by atoms with Crippen molar-refractivity contribution in [3.63, 3.8) is 0 Å². The average Bonchev–Trinajstić information content (AvgIpc) is 2.45. The predicted molar refractivity (Wildman–Crippen MR) is 75.3 cm³/mol. The fourth-order valence-electron chi connectivity index (χ4n) is 2.49. The molecule has 1 aromatic carbocycles. The maximum Gasteiger partial charge on any atom is 0.310 e. The number of ether oxygens (including phenoxy) is 1. The van der Waals surface area contributed by atoms with E-state index in [4.69, 9.17) is 4.74 Å². The fraction of sp³-hybridized carbons (Fsp3) is 0.467. The third kappa shape index (κ3) is 3.56. The van der Waals surface area contributed by atoms with Crippen molar-refractivity contribution in [2.24, 2.45) is 5.92 Å². The summed E-state index contributed by atoms with van der Waals surface area (Å²) in [6.07, 6.45) is 7.76. The van der Waals surface area contributed by atoms with E-state index in [0.29, 0.717) is 18.3 Å². The van der Waals surface area contributed by atoms with Gasteiger partial charge >= 0.3 is 5.69 Å². The molecule has 1 fully saturated rings. The van der Waals surface area contributed by atoms with Crippen molar-refractivity contribution in [3.8, 4) is 5.75 Å². The van der Waals surface area contributed by atoms with Crippen LogP contribution in [0.25, 0.3) is 6.08 Å². The van der Waals surface area contributed by atoms with Gasteiger partial charge in [-0.15, -0.1) is 0 Å². The van der Waals surface area contributed by atoms with Crippen LogP contribution in [0, 0.1) is 16.0 Å². The molecule has 0 N–H and O–H groups in total. The summed E-state index contributed by atoms with van der Waals surface area (Å²) >= 11 is 0. The Labute approximate surface area is 113 Å². The van der Waals surface area contributed by atoms with Gasteiger partial charge in [0.05, 0.1) is 11.5 Å². The lowest BCUT2D eigenvalue weighted by atomic mass is 9.90. The second kappa shape index (κ2) is 6.36. The van der Waals surface area contributed by atoms with Crippen LogP contribution in [0.3, 0.4) is 0 Å². The standard InChI is InChI=1S/C15H19NO3/c1-2-12-8-9-14(16(17)18)15(10-12)19-11-13-6-4-3-5-7-13/h2,8-10,13H,1,3-7,11H2. The number of rotatable bonds is 5. The molecule has 102 valence electrons. The highest BCUT2D eigenvalue weighted by Gasteiger charge is 2.18. The van der Waals surface area contributed by atoms with E-state index < -0.39 is 4.92 Å². The monoisotopic (exact) mass is 261 g/mol. The first-order valence-electron chi connectivity index (χ1n) is 6.74. The molecule has 0 amide bonds. The highest BCUT2D eigenvalue weighted by Crippen LogP contribution is 2.30. The van der Waals surface area contributed by atoms with Gasteiger partial charge in [0.2, 0.25) is 0 Å². The van der Waals surface area contributed by atoms with Crippen LogP contribution < -0.4 is 4.74 Å². The van der Waals surface area contributed by atoms with Crippen molar-refractivity contribution >= 4 is 11.8 Å². The third-order valence-electron chi connectivity index (χ3n) is 3.62. The zero-order valence-electron chi connectivity index (χ0n) is 11.0. The van der Waals surface area contributed by atoms with Gasteiger partial charge in [-0.3, -0.25) is 10.1 Å². The van der Waals surface area contributed by atoms with Crippen molar-refractivity contribution < 1.29 is 9.66 Å². The van der Waals surface area contributed by atoms with Crippen LogP contribution >= 0.6 is 0 Å². The molecule has 0 unspecified atom stereocenters. The molecule has 1 aromatic rings. The molecule has 2 rings (SSSR count). The maximum absolute atomic E-state index is 11.0. The Morgan fingerprint density at radius 1 is 1.37 bits per heavy atom. The normalized spacial score (nSPS) is 16.0. The van der Waals surface area contributed by atoms with Gasteiger partial charge < -0.3 is 4.74 Å². The summed E-state index contributed by atoms with van der Waals surface area (Å²) in [4.78, 5) is 10.6. The number of nitro benzene ring substituents is 1. The molecule has 0 aromatic heterocycles. The SMILES string of the molecule is C=Cc1ccc([N+](=O)[O-])c(OCC2CCCCC2)c1. The quantitative estimate of drug-likeness (QED) is 0.589. The molecule has 0 atom stereocenters. The summed E-state index contributed by atoms with van der Waals surface area (Å²) in [7, 11) is 0. The van der Waals surface area contributed by atoms with Gasteiger partial charge in [0.25, 0.3) is 0 Å². The Morgan fingerprint density at radius 2 is 2.11 bits per heavy atom. The molecule has 4 nitrogen and oxygen atoms in total. The molecular formula is C15H19NO3. The molecule has 0 radical (unpaired) electrons. The van der Waals surface area contributed by atoms with Crippen molar-refractivity contribution in [1.29, 1.82) is 0 Å². The van der Waals surface area contributed by atoms with E-state index in [2.05, 4.69) is 6.58 Å². The minimum absolute atomic E-state index is 0.0291. The zero-order chi connectivity index (χ0) is 13.7. The van der Waals surface area contributed by atoms with Crippen molar-refractivity contribution in [2.45, 2.75) is 32.1 Å². The maximum atomic E-state index is 11.0. The zero-order valence-corrected chi connectivity index (χ0v) is 11.0. The van der Waals surface area contributed by atoms with E-state index in [-0.39, 0.29) is 5.69 Å². The second-order valence-corrected chi connectivity index (χ2v) is 5.00. The first-order chi connectivity index (χ1) is 9.20. The highest BCUT2D eigenvalue weighted by molar-refractivity contribution is 5.57. The van der Waals surface area contributed by atoms with Gasteiger partial charge in [-0.05, 0) is 36.5 Å². The van der Waals surface area contributed by atoms with Crippen LogP contribution in [0.5, 0.6) is 5.75 Å². The molecule has 1 aliphatic rings. The summed E-state index contributed by atoms with van der Waals surface area (Å²) in [6.45, 7) is 4.24. The summed E-state index contributed by atoms with van der Waals surface area (Å²) in [5.41, 5.74) is 0.866. The molecule has 19 heavy (non-hydrogen) atoms. The molecule has 0 saturated heterocycles. The van der Waals surface area contributed by atoms with Gasteiger partial charge in [0.1, 0.15) is 0 Å². The first kappa shape index (κ1) is 13.6. The highest BCUT2D eigenvalue weighted by atomic mass is 16.6. The van der Waals surface area contributed by atoms with E-state index in [1.165, 1.54) is 25.3 Å². The number of benzene rings is 1. The van der Waals surface area contributed by atoms with Gasteiger partial charge in [0.15, 0.2) is 5.75 Å². The number of nitrogens with zero attached hydrogens (tertiary/aromatic N) is 1. The van der Waals surface area contributed by atoms with Crippen LogP contribution in [0.4, 0.5) is 5.69 Å². The lowest BCUT2D eigenvalue weighted by Crippen LogP contribution is -2.15. The van der Waals surface area contributed by atoms with Crippen LogP contribution in [0.2, 0.25) is 0 Å². The van der Waals surface area contributed by atoms with Crippen LogP contribution in [0.1, 0.15) is 37.7 Å². The van der Waals surface area contributed by atoms with Crippen LogP contribution in [0.15, 0.2) is 24.8 Å². The Bertz CT molecular complexity index is 464. The Kier molecular flexibility index (Phi) is 4.55. The van der Waals surface area contributed by atoms with Crippen molar-refractivity contribution in [3.05, 3.63) is 40.5 Å². The Morgan fingerprint density at radius 3 is 2.74 bits per heavy atom. The third-order valence-corrected chi connectivity index (χ3v) is 3.62. The van der Waals surface area contributed by atoms with Gasteiger partial charge in [-0.2, -0.15) is 0 Å².